The van der Waals surface area contributed by atoms with Crippen LogP contribution in [-0.4, -0.2) is 26.8 Å². The Morgan fingerprint density at radius 3 is 2.86 bits per heavy atom. The highest BCUT2D eigenvalue weighted by Gasteiger charge is 2.12. The summed E-state index contributed by atoms with van der Waals surface area (Å²) in [4.78, 5) is 1.43. The van der Waals surface area contributed by atoms with Gasteiger partial charge in [0.15, 0.2) is 6.61 Å². The highest BCUT2D eigenvalue weighted by molar-refractivity contribution is 5.39. The van der Waals surface area contributed by atoms with Crippen molar-refractivity contribution < 1.29 is 4.74 Å². The minimum Gasteiger partial charge on any atom is -0.485 e. The number of hydrogen-bond donors (Lipinski definition) is 1. The zero-order chi connectivity index (χ0) is 15.2. The third-order valence-electron chi connectivity index (χ3n) is 3.24. The van der Waals surface area contributed by atoms with Crippen LogP contribution >= 0.6 is 0 Å². The van der Waals surface area contributed by atoms with E-state index in [4.69, 9.17) is 4.74 Å². The first-order chi connectivity index (χ1) is 10.1. The van der Waals surface area contributed by atoms with Crippen LogP contribution in [0.3, 0.4) is 0 Å². The zero-order valence-corrected chi connectivity index (χ0v) is 13.1. The first-order valence-electron chi connectivity index (χ1n) is 7.29. The van der Waals surface area contributed by atoms with Gasteiger partial charge in [0.25, 0.3) is 0 Å². The van der Waals surface area contributed by atoms with Crippen LogP contribution in [0.2, 0.25) is 0 Å². The fourth-order valence-electron chi connectivity index (χ4n) is 2.13. The standard InChI is InChI=1S/C15H23N5O/c1-5-8-16-12(3)13-9-11(2)6-7-14(13)21-10-15-17-19-20(4)18-15/h6-7,9,12,16H,5,8,10H2,1-4H3. The Balaban J connectivity index is 2.10. The Morgan fingerprint density at radius 1 is 1.38 bits per heavy atom. The van der Waals surface area contributed by atoms with Crippen LogP contribution in [0.15, 0.2) is 18.2 Å². The third kappa shape index (κ3) is 4.26. The predicted molar refractivity (Wildman–Crippen MR) is 81.0 cm³/mol. The molecule has 0 aliphatic heterocycles. The maximum absolute atomic E-state index is 5.87. The molecule has 0 saturated carbocycles. The van der Waals surface area contributed by atoms with Gasteiger partial charge in [-0.1, -0.05) is 24.6 Å². The molecule has 1 N–H and O–H groups in total. The molecular formula is C15H23N5O. The Kier molecular flexibility index (Phi) is 5.27. The summed E-state index contributed by atoms with van der Waals surface area (Å²) in [6.07, 6.45) is 1.11. The van der Waals surface area contributed by atoms with Gasteiger partial charge in [0.05, 0.1) is 7.05 Å². The van der Waals surface area contributed by atoms with Gasteiger partial charge >= 0.3 is 0 Å². The molecule has 0 spiro atoms. The van der Waals surface area contributed by atoms with Gasteiger partial charge in [-0.2, -0.15) is 4.80 Å². The summed E-state index contributed by atoms with van der Waals surface area (Å²) < 4.78 is 5.87. The quantitative estimate of drug-likeness (QED) is 0.846. The Hall–Kier alpha value is -1.95. The zero-order valence-electron chi connectivity index (χ0n) is 13.1. The molecule has 6 heteroatoms. The van der Waals surface area contributed by atoms with E-state index in [1.807, 2.05) is 6.07 Å². The second-order valence-electron chi connectivity index (χ2n) is 5.20. The van der Waals surface area contributed by atoms with Crippen LogP contribution in [0.1, 0.15) is 43.3 Å². The molecule has 0 radical (unpaired) electrons. The Bertz CT molecular complexity index is 581. The molecule has 0 fully saturated rings. The van der Waals surface area contributed by atoms with Crippen LogP contribution in [-0.2, 0) is 13.7 Å². The predicted octanol–water partition coefficient (Wildman–Crippen LogP) is 2.16. The molecule has 1 atom stereocenters. The van der Waals surface area contributed by atoms with Crippen LogP contribution in [0.25, 0.3) is 0 Å². The van der Waals surface area contributed by atoms with Crippen molar-refractivity contribution in [1.82, 2.24) is 25.5 Å². The molecule has 6 nitrogen and oxygen atoms in total. The fraction of sp³-hybridized carbons (Fsp3) is 0.533. The van der Waals surface area contributed by atoms with Crippen LogP contribution in [0.4, 0.5) is 0 Å². The number of hydrogen-bond acceptors (Lipinski definition) is 5. The number of ether oxygens (including phenoxy) is 1. The molecule has 2 rings (SSSR count). The number of rotatable bonds is 7. The lowest BCUT2D eigenvalue weighted by Crippen LogP contribution is -2.20. The average molecular weight is 289 g/mol. The third-order valence-corrected chi connectivity index (χ3v) is 3.24. The van der Waals surface area contributed by atoms with Gasteiger partial charge in [-0.25, -0.2) is 0 Å². The van der Waals surface area contributed by atoms with E-state index in [0.29, 0.717) is 12.4 Å². The molecule has 1 aromatic carbocycles. The molecule has 0 saturated heterocycles. The number of nitrogens with zero attached hydrogens (tertiary/aromatic N) is 4. The van der Waals surface area contributed by atoms with Crippen molar-refractivity contribution in [2.24, 2.45) is 7.05 Å². The normalized spacial score (nSPS) is 12.4. The first kappa shape index (κ1) is 15.4. The minimum atomic E-state index is 0.245. The van der Waals surface area contributed by atoms with Crippen molar-refractivity contribution in [3.05, 3.63) is 35.2 Å². The molecule has 0 amide bonds. The van der Waals surface area contributed by atoms with Gasteiger partial charge < -0.3 is 10.1 Å². The van der Waals surface area contributed by atoms with E-state index >= 15 is 0 Å². The number of aromatic nitrogens is 4. The number of benzene rings is 1. The van der Waals surface area contributed by atoms with E-state index in [2.05, 4.69) is 53.6 Å². The van der Waals surface area contributed by atoms with Crippen molar-refractivity contribution in [3.8, 4) is 5.75 Å². The summed E-state index contributed by atoms with van der Waals surface area (Å²) in [6.45, 7) is 7.71. The monoisotopic (exact) mass is 289 g/mol. The average Bonchev–Trinajstić information content (AvgIpc) is 2.89. The fourth-order valence-corrected chi connectivity index (χ4v) is 2.13. The summed E-state index contributed by atoms with van der Waals surface area (Å²) in [6, 6.07) is 6.46. The van der Waals surface area contributed by atoms with E-state index in [0.717, 1.165) is 24.3 Å². The molecular weight excluding hydrogens is 266 g/mol. The Morgan fingerprint density at radius 2 is 2.19 bits per heavy atom. The maximum atomic E-state index is 5.87. The molecule has 114 valence electrons. The Labute approximate surface area is 125 Å². The second kappa shape index (κ2) is 7.17. The van der Waals surface area contributed by atoms with Crippen LogP contribution in [0.5, 0.6) is 5.75 Å². The summed E-state index contributed by atoms with van der Waals surface area (Å²) in [7, 11) is 1.74. The van der Waals surface area contributed by atoms with Gasteiger partial charge in [0.1, 0.15) is 5.75 Å². The van der Waals surface area contributed by atoms with Crippen molar-refractivity contribution in [1.29, 1.82) is 0 Å². The molecule has 2 aromatic rings. The van der Waals surface area contributed by atoms with Crippen molar-refractivity contribution in [2.75, 3.05) is 6.54 Å². The smallest absolute Gasteiger partial charge is 0.212 e. The minimum absolute atomic E-state index is 0.245. The summed E-state index contributed by atoms with van der Waals surface area (Å²) in [5.41, 5.74) is 2.38. The van der Waals surface area contributed by atoms with Gasteiger partial charge in [0, 0.05) is 11.6 Å². The number of aryl methyl sites for hydroxylation is 2. The maximum Gasteiger partial charge on any atom is 0.212 e. The summed E-state index contributed by atoms with van der Waals surface area (Å²) >= 11 is 0. The molecule has 1 aromatic heterocycles. The van der Waals surface area contributed by atoms with Gasteiger partial charge in [-0.15, -0.1) is 10.2 Å². The second-order valence-corrected chi connectivity index (χ2v) is 5.20. The van der Waals surface area contributed by atoms with Crippen LogP contribution < -0.4 is 10.1 Å². The van der Waals surface area contributed by atoms with Gasteiger partial charge in [0.2, 0.25) is 5.82 Å². The lowest BCUT2D eigenvalue weighted by Gasteiger charge is -2.18. The van der Waals surface area contributed by atoms with E-state index in [9.17, 15) is 0 Å². The lowest BCUT2D eigenvalue weighted by atomic mass is 10.0. The van der Waals surface area contributed by atoms with Gasteiger partial charge in [-0.05, 0) is 38.1 Å². The lowest BCUT2D eigenvalue weighted by molar-refractivity contribution is 0.289. The van der Waals surface area contributed by atoms with E-state index in [1.54, 1.807) is 7.05 Å². The topological polar surface area (TPSA) is 64.9 Å². The molecule has 0 bridgehead atoms. The SMILES string of the molecule is CCCNC(C)c1cc(C)ccc1OCc1nnn(C)n1. The van der Waals surface area contributed by atoms with Crippen molar-refractivity contribution in [3.63, 3.8) is 0 Å². The molecule has 21 heavy (non-hydrogen) atoms. The van der Waals surface area contributed by atoms with Crippen molar-refractivity contribution >= 4 is 0 Å². The van der Waals surface area contributed by atoms with Crippen molar-refractivity contribution in [2.45, 2.75) is 39.8 Å². The van der Waals surface area contributed by atoms with Gasteiger partial charge in [-0.3, -0.25) is 0 Å². The van der Waals surface area contributed by atoms with E-state index < -0.39 is 0 Å². The number of tetrazole rings is 1. The summed E-state index contributed by atoms with van der Waals surface area (Å²) in [5.74, 6) is 1.45. The van der Waals surface area contributed by atoms with E-state index in [-0.39, 0.29) is 6.04 Å². The highest BCUT2D eigenvalue weighted by atomic mass is 16.5. The largest absolute Gasteiger partial charge is 0.485 e. The summed E-state index contributed by atoms with van der Waals surface area (Å²) in [5, 5.41) is 15.4. The highest BCUT2D eigenvalue weighted by Crippen LogP contribution is 2.26. The molecule has 1 unspecified atom stereocenters. The van der Waals surface area contributed by atoms with E-state index in [1.165, 1.54) is 10.4 Å². The molecule has 0 aliphatic rings. The number of nitrogens with one attached hydrogen (secondary N) is 1. The molecule has 1 heterocycles. The van der Waals surface area contributed by atoms with Crippen LogP contribution in [0, 0.1) is 6.92 Å². The first-order valence-corrected chi connectivity index (χ1v) is 7.29. The molecule has 0 aliphatic carbocycles.